The van der Waals surface area contributed by atoms with Gasteiger partial charge in [0, 0.05) is 21.8 Å². The molecule has 1 aliphatic carbocycles. The number of rotatable bonds is 2. The molecule has 5 aromatic rings. The minimum absolute atomic E-state index is 0.0223. The summed E-state index contributed by atoms with van der Waals surface area (Å²) in [6.45, 7) is 4.64. The lowest BCUT2D eigenvalue weighted by Gasteiger charge is -2.21. The monoisotopic (exact) mass is 386 g/mol. The smallest absolute Gasteiger partial charge is 0.142 e. The Morgan fingerprint density at radius 2 is 1.43 bits per heavy atom. The standard InChI is InChI=1S/C29H22O/c1-29(2)25-12-5-3-9-21(25)22-17-15-19(18-26(22)29)14-16-20-8-7-11-24-23-10-4-6-13-27(23)30-28(20)24/h3-18H,1-2H3/b16-14-. The van der Waals surface area contributed by atoms with Crippen molar-refractivity contribution in [3.8, 4) is 11.1 Å². The zero-order valence-electron chi connectivity index (χ0n) is 17.1. The number of para-hydroxylation sites is 2. The Morgan fingerprint density at radius 1 is 0.667 bits per heavy atom. The van der Waals surface area contributed by atoms with E-state index in [1.54, 1.807) is 0 Å². The van der Waals surface area contributed by atoms with Gasteiger partial charge in [0.1, 0.15) is 11.2 Å². The summed E-state index contributed by atoms with van der Waals surface area (Å²) < 4.78 is 6.17. The molecule has 0 saturated heterocycles. The molecule has 4 aromatic carbocycles. The van der Waals surface area contributed by atoms with Crippen molar-refractivity contribution in [1.29, 1.82) is 0 Å². The molecule has 1 aromatic heterocycles. The maximum atomic E-state index is 6.17. The van der Waals surface area contributed by atoms with Gasteiger partial charge in [0.25, 0.3) is 0 Å². The summed E-state index contributed by atoms with van der Waals surface area (Å²) in [4.78, 5) is 0. The lowest BCUT2D eigenvalue weighted by Crippen LogP contribution is -2.14. The molecule has 0 aliphatic heterocycles. The van der Waals surface area contributed by atoms with Crippen LogP contribution in [0, 0.1) is 0 Å². The summed E-state index contributed by atoms with van der Waals surface area (Å²) in [6, 6.07) is 30.2. The summed E-state index contributed by atoms with van der Waals surface area (Å²) in [6.07, 6.45) is 4.36. The van der Waals surface area contributed by atoms with Crippen LogP contribution in [0.2, 0.25) is 0 Å². The molecule has 0 N–H and O–H groups in total. The van der Waals surface area contributed by atoms with Crippen LogP contribution < -0.4 is 0 Å². The van der Waals surface area contributed by atoms with Crippen molar-refractivity contribution in [3.05, 3.63) is 107 Å². The van der Waals surface area contributed by atoms with E-state index < -0.39 is 0 Å². The van der Waals surface area contributed by atoms with Crippen LogP contribution >= 0.6 is 0 Å². The van der Waals surface area contributed by atoms with E-state index in [1.807, 2.05) is 12.1 Å². The lowest BCUT2D eigenvalue weighted by molar-refractivity contribution is 0.660. The maximum Gasteiger partial charge on any atom is 0.142 e. The molecular weight excluding hydrogens is 364 g/mol. The van der Waals surface area contributed by atoms with E-state index in [4.69, 9.17) is 4.42 Å². The van der Waals surface area contributed by atoms with Gasteiger partial charge in [-0.25, -0.2) is 0 Å². The average Bonchev–Trinajstić information content (AvgIpc) is 3.26. The van der Waals surface area contributed by atoms with Gasteiger partial charge in [0.05, 0.1) is 0 Å². The summed E-state index contributed by atoms with van der Waals surface area (Å²) in [7, 11) is 0. The molecule has 0 spiro atoms. The van der Waals surface area contributed by atoms with Gasteiger partial charge < -0.3 is 4.42 Å². The third kappa shape index (κ3) is 2.42. The normalized spacial score (nSPS) is 14.5. The Bertz CT molecular complexity index is 1460. The number of benzene rings is 4. The molecular formula is C29H22O. The Balaban J connectivity index is 1.43. The first kappa shape index (κ1) is 17.3. The highest BCUT2D eigenvalue weighted by molar-refractivity contribution is 6.07. The molecule has 30 heavy (non-hydrogen) atoms. The summed E-state index contributed by atoms with van der Waals surface area (Å²) >= 11 is 0. The first-order valence-electron chi connectivity index (χ1n) is 10.5. The van der Waals surface area contributed by atoms with E-state index in [0.29, 0.717) is 0 Å². The molecule has 0 saturated carbocycles. The molecule has 1 heteroatoms. The molecule has 0 radical (unpaired) electrons. The van der Waals surface area contributed by atoms with Gasteiger partial charge in [0.2, 0.25) is 0 Å². The minimum atomic E-state index is 0.0223. The summed E-state index contributed by atoms with van der Waals surface area (Å²) in [5.41, 5.74) is 9.74. The van der Waals surface area contributed by atoms with Gasteiger partial charge in [-0.1, -0.05) is 105 Å². The van der Waals surface area contributed by atoms with Crippen molar-refractivity contribution >= 4 is 34.1 Å². The Morgan fingerprint density at radius 3 is 2.37 bits per heavy atom. The van der Waals surface area contributed by atoms with E-state index >= 15 is 0 Å². The molecule has 1 nitrogen and oxygen atoms in total. The topological polar surface area (TPSA) is 13.1 Å². The number of fused-ring (bicyclic) bond motifs is 6. The lowest BCUT2D eigenvalue weighted by atomic mass is 9.82. The van der Waals surface area contributed by atoms with Crippen LogP contribution in [-0.2, 0) is 5.41 Å². The molecule has 0 unspecified atom stereocenters. The SMILES string of the molecule is CC1(C)c2ccccc2-c2ccc(/C=C\c3cccc4c3oc3ccccc34)cc21. The molecule has 0 fully saturated rings. The molecule has 0 amide bonds. The second-order valence-electron chi connectivity index (χ2n) is 8.63. The Hall–Kier alpha value is -3.58. The van der Waals surface area contributed by atoms with Gasteiger partial charge in [0.15, 0.2) is 0 Å². The molecule has 1 aliphatic rings. The van der Waals surface area contributed by atoms with Crippen molar-refractivity contribution in [3.63, 3.8) is 0 Å². The third-order valence-corrected chi connectivity index (χ3v) is 6.50. The predicted octanol–water partition coefficient (Wildman–Crippen LogP) is 8.06. The van der Waals surface area contributed by atoms with E-state index in [1.165, 1.54) is 38.6 Å². The summed E-state index contributed by atoms with van der Waals surface area (Å²) in [5, 5.41) is 2.33. The fourth-order valence-corrected chi connectivity index (χ4v) is 4.91. The van der Waals surface area contributed by atoms with Crippen LogP contribution in [0.15, 0.2) is 89.3 Å². The third-order valence-electron chi connectivity index (χ3n) is 6.50. The second kappa shape index (κ2) is 6.21. The molecule has 6 rings (SSSR count). The van der Waals surface area contributed by atoms with Crippen molar-refractivity contribution < 1.29 is 4.42 Å². The van der Waals surface area contributed by atoms with E-state index in [0.717, 1.165) is 16.7 Å². The second-order valence-corrected chi connectivity index (χ2v) is 8.63. The largest absolute Gasteiger partial charge is 0.455 e. The summed E-state index contributed by atoms with van der Waals surface area (Å²) in [5.74, 6) is 0. The van der Waals surface area contributed by atoms with E-state index in [9.17, 15) is 0 Å². The van der Waals surface area contributed by atoms with E-state index in [2.05, 4.69) is 98.8 Å². The maximum absolute atomic E-state index is 6.17. The van der Waals surface area contributed by atoms with Crippen molar-refractivity contribution in [1.82, 2.24) is 0 Å². The van der Waals surface area contributed by atoms with Gasteiger partial charge in [-0.05, 0) is 33.9 Å². The predicted molar refractivity (Wildman–Crippen MR) is 127 cm³/mol. The van der Waals surface area contributed by atoms with Crippen LogP contribution in [-0.4, -0.2) is 0 Å². The molecule has 0 atom stereocenters. The van der Waals surface area contributed by atoms with Crippen LogP contribution in [0.4, 0.5) is 0 Å². The number of hydrogen-bond acceptors (Lipinski definition) is 1. The van der Waals surface area contributed by atoms with Crippen LogP contribution in [0.5, 0.6) is 0 Å². The van der Waals surface area contributed by atoms with Gasteiger partial charge in [-0.2, -0.15) is 0 Å². The van der Waals surface area contributed by atoms with Gasteiger partial charge >= 0.3 is 0 Å². The van der Waals surface area contributed by atoms with Crippen LogP contribution in [0.1, 0.15) is 36.1 Å². The Labute approximate surface area is 176 Å². The highest BCUT2D eigenvalue weighted by Gasteiger charge is 2.34. The average molecular weight is 386 g/mol. The van der Waals surface area contributed by atoms with Crippen molar-refractivity contribution in [2.45, 2.75) is 19.3 Å². The fraction of sp³-hybridized carbons (Fsp3) is 0.103. The van der Waals surface area contributed by atoms with Crippen molar-refractivity contribution in [2.24, 2.45) is 0 Å². The minimum Gasteiger partial charge on any atom is -0.455 e. The van der Waals surface area contributed by atoms with E-state index in [-0.39, 0.29) is 5.41 Å². The molecule has 1 heterocycles. The number of furan rings is 1. The highest BCUT2D eigenvalue weighted by Crippen LogP contribution is 2.48. The first-order valence-corrected chi connectivity index (χ1v) is 10.5. The molecule has 144 valence electrons. The highest BCUT2D eigenvalue weighted by atomic mass is 16.3. The zero-order chi connectivity index (χ0) is 20.3. The molecule has 0 bridgehead atoms. The fourth-order valence-electron chi connectivity index (χ4n) is 4.91. The quantitative estimate of drug-likeness (QED) is 0.280. The number of hydrogen-bond donors (Lipinski definition) is 0. The van der Waals surface area contributed by atoms with Gasteiger partial charge in [-0.3, -0.25) is 0 Å². The van der Waals surface area contributed by atoms with Crippen molar-refractivity contribution in [2.75, 3.05) is 0 Å². The Kier molecular flexibility index (Phi) is 3.58. The first-order chi connectivity index (χ1) is 14.6. The van der Waals surface area contributed by atoms with Crippen LogP contribution in [0.3, 0.4) is 0 Å². The van der Waals surface area contributed by atoms with Gasteiger partial charge in [-0.15, -0.1) is 0 Å². The zero-order valence-corrected chi connectivity index (χ0v) is 17.1. The van der Waals surface area contributed by atoms with Crippen LogP contribution in [0.25, 0.3) is 45.2 Å².